The zero-order valence-corrected chi connectivity index (χ0v) is 15.5. The van der Waals surface area contributed by atoms with E-state index in [4.69, 9.17) is 10.5 Å². The molecule has 0 aliphatic carbocycles. The van der Waals surface area contributed by atoms with Crippen LogP contribution in [-0.2, 0) is 14.6 Å². The molecule has 0 bridgehead atoms. The van der Waals surface area contributed by atoms with Crippen molar-refractivity contribution in [1.29, 1.82) is 0 Å². The molecule has 3 N–H and O–H groups in total. The molecule has 144 valence electrons. The lowest BCUT2D eigenvalue weighted by Gasteiger charge is -2.13. The van der Waals surface area contributed by atoms with E-state index in [1.165, 1.54) is 56.5 Å². The molecule has 0 spiro atoms. The van der Waals surface area contributed by atoms with Crippen molar-refractivity contribution in [3.63, 3.8) is 0 Å². The summed E-state index contributed by atoms with van der Waals surface area (Å²) in [6.07, 6.45) is 0. The van der Waals surface area contributed by atoms with Crippen molar-refractivity contribution in [1.82, 2.24) is 0 Å². The Morgan fingerprint density at radius 1 is 1.19 bits per heavy atom. The number of hydrogen-bond acceptors (Lipinski definition) is 5. The molecule has 9 heteroatoms. The fraction of sp³-hybridized carbons (Fsp3) is 0.222. The van der Waals surface area contributed by atoms with Gasteiger partial charge in [0.2, 0.25) is 5.91 Å². The first kappa shape index (κ1) is 20.4. The van der Waals surface area contributed by atoms with Gasteiger partial charge in [0.05, 0.1) is 23.3 Å². The third-order valence-corrected chi connectivity index (χ3v) is 5.74. The largest absolute Gasteiger partial charge is 0.496 e. The highest BCUT2D eigenvalue weighted by Gasteiger charge is 2.24. The average Bonchev–Trinajstić information content (AvgIpc) is 2.62. The van der Waals surface area contributed by atoms with Crippen LogP contribution in [0.25, 0.3) is 0 Å². The van der Waals surface area contributed by atoms with Gasteiger partial charge in [-0.15, -0.1) is 0 Å². The number of anilines is 1. The number of carbonyl (C=O) groups excluding carboxylic acids is 2. The quantitative estimate of drug-likeness (QED) is 0.745. The molecule has 0 aliphatic rings. The van der Waals surface area contributed by atoms with E-state index in [2.05, 4.69) is 5.32 Å². The van der Waals surface area contributed by atoms with E-state index < -0.39 is 39.1 Å². The Morgan fingerprint density at radius 2 is 1.81 bits per heavy atom. The van der Waals surface area contributed by atoms with Crippen LogP contribution in [-0.4, -0.2) is 33.1 Å². The van der Waals surface area contributed by atoms with E-state index in [1.54, 1.807) is 0 Å². The van der Waals surface area contributed by atoms with Gasteiger partial charge in [0.25, 0.3) is 5.91 Å². The zero-order chi connectivity index (χ0) is 20.2. The van der Waals surface area contributed by atoms with Gasteiger partial charge >= 0.3 is 0 Å². The second-order valence-electron chi connectivity index (χ2n) is 5.91. The number of methoxy groups -OCH3 is 1. The third kappa shape index (κ3) is 5.04. The Kier molecular flexibility index (Phi) is 6.17. The van der Waals surface area contributed by atoms with Crippen LogP contribution in [0.2, 0.25) is 0 Å². The molecule has 2 aromatic rings. The number of amides is 2. The first-order valence-electron chi connectivity index (χ1n) is 7.91. The molecule has 2 aromatic carbocycles. The molecule has 7 nitrogen and oxygen atoms in total. The van der Waals surface area contributed by atoms with Crippen LogP contribution in [0.1, 0.15) is 17.3 Å². The lowest BCUT2D eigenvalue weighted by Crippen LogP contribution is -2.27. The number of carbonyl (C=O) groups is 2. The molecular weight excluding hydrogens is 375 g/mol. The molecule has 2 amide bonds. The van der Waals surface area contributed by atoms with E-state index in [1.807, 2.05) is 0 Å². The van der Waals surface area contributed by atoms with E-state index in [0.29, 0.717) is 5.69 Å². The molecule has 27 heavy (non-hydrogen) atoms. The Morgan fingerprint density at radius 3 is 2.37 bits per heavy atom. The minimum Gasteiger partial charge on any atom is -0.496 e. The highest BCUT2D eigenvalue weighted by atomic mass is 32.2. The van der Waals surface area contributed by atoms with Gasteiger partial charge in [-0.05, 0) is 42.5 Å². The Labute approximate surface area is 156 Å². The third-order valence-electron chi connectivity index (χ3n) is 3.83. The van der Waals surface area contributed by atoms with Gasteiger partial charge < -0.3 is 15.8 Å². The van der Waals surface area contributed by atoms with E-state index >= 15 is 0 Å². The average molecular weight is 394 g/mol. The summed E-state index contributed by atoms with van der Waals surface area (Å²) in [7, 11) is -2.51. The summed E-state index contributed by atoms with van der Waals surface area (Å²) in [5.74, 6) is -3.01. The van der Waals surface area contributed by atoms with Crippen molar-refractivity contribution >= 4 is 27.3 Å². The fourth-order valence-electron chi connectivity index (χ4n) is 2.30. The molecule has 0 fully saturated rings. The number of ether oxygens (including phenoxy) is 1. The second kappa shape index (κ2) is 8.17. The van der Waals surface area contributed by atoms with Crippen LogP contribution in [0, 0.1) is 11.7 Å². The molecule has 0 aromatic heterocycles. The molecule has 0 saturated heterocycles. The molecule has 0 saturated carbocycles. The molecule has 2 rings (SSSR count). The van der Waals surface area contributed by atoms with Gasteiger partial charge in [-0.3, -0.25) is 9.59 Å². The number of nitrogens with two attached hydrogens (primary N) is 1. The topological polar surface area (TPSA) is 116 Å². The van der Waals surface area contributed by atoms with Crippen LogP contribution in [0.5, 0.6) is 5.75 Å². The highest BCUT2D eigenvalue weighted by molar-refractivity contribution is 7.91. The Bertz CT molecular complexity index is 958. The van der Waals surface area contributed by atoms with Crippen LogP contribution in [0.4, 0.5) is 10.1 Å². The maximum Gasteiger partial charge on any atom is 0.259 e. The number of primary amides is 1. The van der Waals surface area contributed by atoms with E-state index in [0.717, 1.165) is 0 Å². The van der Waals surface area contributed by atoms with Crippen molar-refractivity contribution in [2.75, 3.05) is 18.2 Å². The summed E-state index contributed by atoms with van der Waals surface area (Å²) in [4.78, 5) is 23.6. The van der Waals surface area contributed by atoms with Crippen LogP contribution >= 0.6 is 0 Å². The summed E-state index contributed by atoms with van der Waals surface area (Å²) in [6.45, 7) is 1.41. The second-order valence-corrected chi connectivity index (χ2v) is 7.94. The van der Waals surface area contributed by atoms with Gasteiger partial charge in [0.1, 0.15) is 11.6 Å². The van der Waals surface area contributed by atoms with E-state index in [9.17, 15) is 22.4 Å². The van der Waals surface area contributed by atoms with Crippen molar-refractivity contribution < 1.29 is 27.1 Å². The summed E-state index contributed by atoms with van der Waals surface area (Å²) in [6, 6.07) is 8.90. The Balaban J connectivity index is 2.35. The lowest BCUT2D eigenvalue weighted by molar-refractivity contribution is -0.120. The molecule has 0 radical (unpaired) electrons. The van der Waals surface area contributed by atoms with E-state index in [-0.39, 0.29) is 16.2 Å². The van der Waals surface area contributed by atoms with Gasteiger partial charge in [-0.2, -0.15) is 0 Å². The minimum absolute atomic E-state index is 0.0189. The molecule has 0 heterocycles. The number of nitrogens with one attached hydrogen (secondary N) is 1. The zero-order valence-electron chi connectivity index (χ0n) is 14.7. The summed E-state index contributed by atoms with van der Waals surface area (Å²) in [5.41, 5.74) is 5.44. The van der Waals surface area contributed by atoms with Crippen molar-refractivity contribution in [2.24, 2.45) is 11.7 Å². The lowest BCUT2D eigenvalue weighted by atomic mass is 10.2. The molecule has 1 atom stereocenters. The first-order chi connectivity index (χ1) is 12.6. The van der Waals surface area contributed by atoms with Crippen LogP contribution in [0.3, 0.4) is 0 Å². The predicted molar refractivity (Wildman–Crippen MR) is 97.8 cm³/mol. The minimum atomic E-state index is -3.85. The van der Waals surface area contributed by atoms with Crippen LogP contribution in [0.15, 0.2) is 47.4 Å². The molecular formula is C18H19FN2O5S. The Hall–Kier alpha value is -2.94. The number of rotatable bonds is 7. The maximum atomic E-state index is 13.0. The molecule has 0 aliphatic heterocycles. The molecule has 0 unspecified atom stereocenters. The summed E-state index contributed by atoms with van der Waals surface area (Å²) < 4.78 is 43.1. The van der Waals surface area contributed by atoms with Gasteiger partial charge in [-0.1, -0.05) is 6.92 Å². The van der Waals surface area contributed by atoms with Gasteiger partial charge in [0, 0.05) is 11.6 Å². The summed E-state index contributed by atoms with van der Waals surface area (Å²) in [5, 5.41) is 2.54. The monoisotopic (exact) mass is 394 g/mol. The van der Waals surface area contributed by atoms with Crippen molar-refractivity contribution in [3.05, 3.63) is 53.8 Å². The summed E-state index contributed by atoms with van der Waals surface area (Å²) >= 11 is 0. The number of hydrogen-bond donors (Lipinski definition) is 2. The van der Waals surface area contributed by atoms with Crippen molar-refractivity contribution in [2.45, 2.75) is 11.8 Å². The normalized spacial score (nSPS) is 12.3. The van der Waals surface area contributed by atoms with Crippen LogP contribution < -0.4 is 15.8 Å². The standard InChI is InChI=1S/C18H19FN2O5S/c1-11(17(20)22)10-27(24,25)14-7-8-16(26-2)15(9-14)18(23)21-13-5-3-12(19)4-6-13/h3-9,11H,10H2,1-2H3,(H2,20,22)(H,21,23)/t11-/m1/s1. The van der Waals surface area contributed by atoms with Crippen molar-refractivity contribution in [3.8, 4) is 5.75 Å². The smallest absolute Gasteiger partial charge is 0.259 e. The first-order valence-corrected chi connectivity index (χ1v) is 9.56. The maximum absolute atomic E-state index is 13.0. The number of sulfone groups is 1. The SMILES string of the molecule is COc1ccc(S(=O)(=O)C[C@@H](C)C(N)=O)cc1C(=O)Nc1ccc(F)cc1. The highest BCUT2D eigenvalue weighted by Crippen LogP contribution is 2.25. The van der Waals surface area contributed by atoms with Gasteiger partial charge in [-0.25, -0.2) is 12.8 Å². The number of benzene rings is 2. The van der Waals surface area contributed by atoms with Gasteiger partial charge in [0.15, 0.2) is 9.84 Å². The number of halogens is 1. The fourth-order valence-corrected chi connectivity index (χ4v) is 3.88. The predicted octanol–water partition coefficient (Wildman–Crippen LogP) is 1.98.